The topological polar surface area (TPSA) is 26.0 Å². The average molecular weight is 176 g/mol. The van der Waals surface area contributed by atoms with Crippen LogP contribution in [0.5, 0.6) is 0 Å². The van der Waals surface area contributed by atoms with Crippen molar-refractivity contribution in [1.82, 2.24) is 0 Å². The Hall–Kier alpha value is -0.820. The van der Waals surface area contributed by atoms with Crippen molar-refractivity contribution < 1.29 is 0 Å². The summed E-state index contributed by atoms with van der Waals surface area (Å²) in [5.74, 6) is 0. The molecular weight excluding hydrogens is 158 g/mol. The SMILES string of the molecule is C[CH]CCCc1ccc(CN)cc1. The molecular formula is C12H18N. The van der Waals surface area contributed by atoms with Gasteiger partial charge in [0, 0.05) is 6.54 Å². The first kappa shape index (κ1) is 10.3. The van der Waals surface area contributed by atoms with E-state index in [4.69, 9.17) is 5.73 Å². The molecule has 1 nitrogen and oxygen atoms in total. The fraction of sp³-hybridized carbons (Fsp3) is 0.417. The second kappa shape index (κ2) is 5.76. The Labute approximate surface area is 81.0 Å². The summed E-state index contributed by atoms with van der Waals surface area (Å²) < 4.78 is 0. The minimum absolute atomic E-state index is 0.642. The summed E-state index contributed by atoms with van der Waals surface area (Å²) in [6, 6.07) is 8.59. The molecule has 13 heavy (non-hydrogen) atoms. The van der Waals surface area contributed by atoms with E-state index in [1.807, 2.05) is 0 Å². The maximum atomic E-state index is 5.52. The number of aryl methyl sites for hydroxylation is 1. The van der Waals surface area contributed by atoms with Gasteiger partial charge in [0.1, 0.15) is 0 Å². The van der Waals surface area contributed by atoms with E-state index in [2.05, 4.69) is 37.6 Å². The molecule has 0 aliphatic carbocycles. The molecule has 0 heterocycles. The van der Waals surface area contributed by atoms with E-state index in [0.29, 0.717) is 6.54 Å². The highest BCUT2D eigenvalue weighted by atomic mass is 14.5. The lowest BCUT2D eigenvalue weighted by atomic mass is 10.1. The fourth-order valence-electron chi connectivity index (χ4n) is 1.35. The Morgan fingerprint density at radius 2 is 1.77 bits per heavy atom. The first-order valence-electron chi connectivity index (χ1n) is 4.92. The predicted octanol–water partition coefficient (Wildman–Crippen LogP) is 2.69. The summed E-state index contributed by atoms with van der Waals surface area (Å²) in [5, 5.41) is 0. The van der Waals surface area contributed by atoms with Crippen LogP contribution in [0.3, 0.4) is 0 Å². The molecule has 71 valence electrons. The lowest BCUT2D eigenvalue weighted by Gasteiger charge is -2.01. The number of benzene rings is 1. The van der Waals surface area contributed by atoms with Gasteiger partial charge >= 0.3 is 0 Å². The lowest BCUT2D eigenvalue weighted by molar-refractivity contribution is 0.807. The zero-order valence-corrected chi connectivity index (χ0v) is 8.29. The van der Waals surface area contributed by atoms with Gasteiger partial charge < -0.3 is 5.73 Å². The van der Waals surface area contributed by atoms with E-state index in [0.717, 1.165) is 0 Å². The van der Waals surface area contributed by atoms with Gasteiger partial charge in [-0.15, -0.1) is 0 Å². The van der Waals surface area contributed by atoms with Crippen LogP contribution in [0.15, 0.2) is 24.3 Å². The minimum atomic E-state index is 0.642. The Balaban J connectivity index is 2.40. The summed E-state index contributed by atoms with van der Waals surface area (Å²) >= 11 is 0. The number of hydrogen-bond acceptors (Lipinski definition) is 1. The molecule has 2 N–H and O–H groups in total. The minimum Gasteiger partial charge on any atom is -0.326 e. The van der Waals surface area contributed by atoms with Gasteiger partial charge in [-0.25, -0.2) is 0 Å². The molecule has 0 unspecified atom stereocenters. The van der Waals surface area contributed by atoms with Crippen molar-refractivity contribution in [2.24, 2.45) is 5.73 Å². The van der Waals surface area contributed by atoms with Crippen LogP contribution in [-0.2, 0) is 13.0 Å². The molecule has 0 aliphatic rings. The van der Waals surface area contributed by atoms with Gasteiger partial charge in [-0.1, -0.05) is 37.6 Å². The van der Waals surface area contributed by atoms with E-state index < -0.39 is 0 Å². The van der Waals surface area contributed by atoms with E-state index >= 15 is 0 Å². The van der Waals surface area contributed by atoms with Gasteiger partial charge in [-0.05, 0) is 30.4 Å². The number of nitrogens with two attached hydrogens (primary N) is 1. The number of hydrogen-bond donors (Lipinski definition) is 1. The quantitative estimate of drug-likeness (QED) is 0.686. The number of unbranched alkanes of at least 4 members (excludes halogenated alkanes) is 2. The highest BCUT2D eigenvalue weighted by Gasteiger charge is 1.93. The third kappa shape index (κ3) is 3.60. The monoisotopic (exact) mass is 176 g/mol. The number of rotatable bonds is 5. The lowest BCUT2D eigenvalue weighted by Crippen LogP contribution is -1.96. The van der Waals surface area contributed by atoms with Crippen LogP contribution < -0.4 is 5.73 Å². The maximum Gasteiger partial charge on any atom is 0.0178 e. The standard InChI is InChI=1S/C12H18N/c1-2-3-4-5-11-6-8-12(10-13)9-7-11/h2,6-9H,3-5,10,13H2,1H3. The van der Waals surface area contributed by atoms with Crippen molar-refractivity contribution in [3.63, 3.8) is 0 Å². The fourth-order valence-corrected chi connectivity index (χ4v) is 1.35. The van der Waals surface area contributed by atoms with Crippen LogP contribution >= 0.6 is 0 Å². The molecule has 0 saturated heterocycles. The van der Waals surface area contributed by atoms with Crippen LogP contribution in [0, 0.1) is 6.42 Å². The van der Waals surface area contributed by atoms with Crippen molar-refractivity contribution in [2.45, 2.75) is 32.7 Å². The summed E-state index contributed by atoms with van der Waals surface area (Å²) in [4.78, 5) is 0. The molecule has 0 spiro atoms. The molecule has 1 radical (unpaired) electrons. The Morgan fingerprint density at radius 1 is 1.15 bits per heavy atom. The molecule has 0 saturated carbocycles. The van der Waals surface area contributed by atoms with E-state index in [1.54, 1.807) is 0 Å². The van der Waals surface area contributed by atoms with Crippen molar-refractivity contribution >= 4 is 0 Å². The van der Waals surface area contributed by atoms with Gasteiger partial charge in [-0.2, -0.15) is 0 Å². The molecule has 0 amide bonds. The van der Waals surface area contributed by atoms with Gasteiger partial charge in [0.25, 0.3) is 0 Å². The van der Waals surface area contributed by atoms with Gasteiger partial charge in [-0.3, -0.25) is 0 Å². The maximum absolute atomic E-state index is 5.52. The first-order valence-corrected chi connectivity index (χ1v) is 4.92. The molecule has 0 aliphatic heterocycles. The Morgan fingerprint density at radius 3 is 2.31 bits per heavy atom. The summed E-state index contributed by atoms with van der Waals surface area (Å²) in [6.07, 6.45) is 5.85. The summed E-state index contributed by atoms with van der Waals surface area (Å²) in [7, 11) is 0. The molecule has 1 heteroatoms. The van der Waals surface area contributed by atoms with Crippen molar-refractivity contribution in [3.05, 3.63) is 41.8 Å². The van der Waals surface area contributed by atoms with Crippen LogP contribution in [-0.4, -0.2) is 0 Å². The van der Waals surface area contributed by atoms with Crippen molar-refractivity contribution in [1.29, 1.82) is 0 Å². The van der Waals surface area contributed by atoms with Crippen molar-refractivity contribution in [2.75, 3.05) is 0 Å². The van der Waals surface area contributed by atoms with Crippen LogP contribution in [0.2, 0.25) is 0 Å². The second-order valence-corrected chi connectivity index (χ2v) is 3.32. The highest BCUT2D eigenvalue weighted by molar-refractivity contribution is 5.22. The molecule has 0 atom stereocenters. The zero-order valence-electron chi connectivity index (χ0n) is 8.29. The zero-order chi connectivity index (χ0) is 9.52. The Kier molecular flexibility index (Phi) is 4.55. The van der Waals surface area contributed by atoms with Crippen LogP contribution in [0.1, 0.15) is 30.9 Å². The Bertz CT molecular complexity index is 225. The van der Waals surface area contributed by atoms with E-state index in [9.17, 15) is 0 Å². The first-order chi connectivity index (χ1) is 6.36. The third-order valence-corrected chi connectivity index (χ3v) is 2.22. The second-order valence-electron chi connectivity index (χ2n) is 3.32. The average Bonchev–Trinajstić information content (AvgIpc) is 2.19. The van der Waals surface area contributed by atoms with Crippen molar-refractivity contribution in [3.8, 4) is 0 Å². The van der Waals surface area contributed by atoms with Gasteiger partial charge in [0.2, 0.25) is 0 Å². The molecule has 1 aromatic carbocycles. The molecule has 1 aromatic rings. The molecule has 1 rings (SSSR count). The van der Waals surface area contributed by atoms with Crippen LogP contribution in [0.25, 0.3) is 0 Å². The molecule has 0 aromatic heterocycles. The van der Waals surface area contributed by atoms with E-state index in [-0.39, 0.29) is 0 Å². The summed E-state index contributed by atoms with van der Waals surface area (Å²) in [5.41, 5.74) is 8.15. The third-order valence-electron chi connectivity index (χ3n) is 2.22. The van der Waals surface area contributed by atoms with E-state index in [1.165, 1.54) is 30.4 Å². The molecule has 0 bridgehead atoms. The molecule has 0 fully saturated rings. The largest absolute Gasteiger partial charge is 0.326 e. The predicted molar refractivity (Wildman–Crippen MR) is 57.2 cm³/mol. The van der Waals surface area contributed by atoms with Crippen LogP contribution in [0.4, 0.5) is 0 Å². The summed E-state index contributed by atoms with van der Waals surface area (Å²) in [6.45, 7) is 2.75. The normalized spacial score (nSPS) is 10.3. The smallest absolute Gasteiger partial charge is 0.0178 e. The van der Waals surface area contributed by atoms with Gasteiger partial charge in [0.05, 0.1) is 0 Å². The highest BCUT2D eigenvalue weighted by Crippen LogP contribution is 2.07. The van der Waals surface area contributed by atoms with Gasteiger partial charge in [0.15, 0.2) is 0 Å².